The van der Waals surface area contributed by atoms with Gasteiger partial charge in [-0.15, -0.1) is 11.8 Å². The lowest BCUT2D eigenvalue weighted by Gasteiger charge is -2.32. The molecule has 1 saturated heterocycles. The van der Waals surface area contributed by atoms with Gasteiger partial charge in [0.25, 0.3) is 0 Å². The van der Waals surface area contributed by atoms with Crippen molar-refractivity contribution in [3.05, 3.63) is 28.8 Å². The summed E-state index contributed by atoms with van der Waals surface area (Å²) >= 11 is 8.06. The molecule has 0 amide bonds. The molecule has 4 heteroatoms. The molecule has 1 N–H and O–H groups in total. The Morgan fingerprint density at radius 2 is 2.28 bits per heavy atom. The van der Waals surface area contributed by atoms with Crippen LogP contribution >= 0.6 is 23.4 Å². The SMILES string of the molecule is Clc1ccc2c(c1)C(NC1CCCOC1)CCS2. The quantitative estimate of drug-likeness (QED) is 0.895. The fraction of sp³-hybridized carbons (Fsp3) is 0.571. The second-order valence-corrected chi connectivity index (χ2v) is 6.53. The van der Waals surface area contributed by atoms with Crippen molar-refractivity contribution in [2.75, 3.05) is 19.0 Å². The molecule has 3 rings (SSSR count). The van der Waals surface area contributed by atoms with E-state index in [1.165, 1.54) is 35.5 Å². The molecule has 2 aliphatic rings. The van der Waals surface area contributed by atoms with E-state index in [4.69, 9.17) is 16.3 Å². The molecular weight excluding hydrogens is 266 g/mol. The molecule has 1 fully saturated rings. The van der Waals surface area contributed by atoms with Gasteiger partial charge in [0, 0.05) is 28.6 Å². The van der Waals surface area contributed by atoms with Crippen molar-refractivity contribution in [1.29, 1.82) is 0 Å². The number of benzene rings is 1. The lowest BCUT2D eigenvalue weighted by Crippen LogP contribution is -2.40. The third-order valence-corrected chi connectivity index (χ3v) is 4.97. The Hall–Kier alpha value is -0.220. The first-order chi connectivity index (χ1) is 8.83. The van der Waals surface area contributed by atoms with Crippen molar-refractivity contribution >= 4 is 23.4 Å². The van der Waals surface area contributed by atoms with E-state index >= 15 is 0 Å². The highest BCUT2D eigenvalue weighted by atomic mass is 35.5. The molecule has 0 saturated carbocycles. The van der Waals surface area contributed by atoms with Gasteiger partial charge in [-0.3, -0.25) is 0 Å². The predicted molar refractivity (Wildman–Crippen MR) is 76.5 cm³/mol. The number of halogens is 1. The fourth-order valence-corrected chi connectivity index (χ4v) is 3.98. The van der Waals surface area contributed by atoms with Gasteiger partial charge in [-0.25, -0.2) is 0 Å². The lowest BCUT2D eigenvalue weighted by atomic mass is 10.0. The zero-order valence-corrected chi connectivity index (χ0v) is 11.9. The van der Waals surface area contributed by atoms with Gasteiger partial charge in [-0.2, -0.15) is 0 Å². The standard InChI is InChI=1S/C14H18ClNOS/c15-10-3-4-14-12(8-10)13(5-7-18-14)16-11-2-1-6-17-9-11/h3-4,8,11,13,16H,1-2,5-7,9H2. The van der Waals surface area contributed by atoms with E-state index < -0.39 is 0 Å². The number of fused-ring (bicyclic) bond motifs is 1. The van der Waals surface area contributed by atoms with Crippen LogP contribution in [0.25, 0.3) is 0 Å². The summed E-state index contributed by atoms with van der Waals surface area (Å²) < 4.78 is 5.54. The summed E-state index contributed by atoms with van der Waals surface area (Å²) in [5.74, 6) is 1.18. The maximum absolute atomic E-state index is 6.12. The third kappa shape index (κ3) is 2.85. The molecule has 0 aromatic heterocycles. The van der Waals surface area contributed by atoms with Crippen molar-refractivity contribution in [3.8, 4) is 0 Å². The zero-order chi connectivity index (χ0) is 12.4. The molecular formula is C14H18ClNOS. The summed E-state index contributed by atoms with van der Waals surface area (Å²) in [4.78, 5) is 1.37. The van der Waals surface area contributed by atoms with Crippen LogP contribution in [0.2, 0.25) is 5.02 Å². The summed E-state index contributed by atoms with van der Waals surface area (Å²) in [5.41, 5.74) is 1.37. The van der Waals surface area contributed by atoms with Crippen LogP contribution in [0.4, 0.5) is 0 Å². The van der Waals surface area contributed by atoms with Gasteiger partial charge in [-0.1, -0.05) is 11.6 Å². The van der Waals surface area contributed by atoms with Crippen molar-refractivity contribution < 1.29 is 4.74 Å². The van der Waals surface area contributed by atoms with E-state index in [-0.39, 0.29) is 0 Å². The molecule has 2 nitrogen and oxygen atoms in total. The average Bonchev–Trinajstić information content (AvgIpc) is 2.41. The molecule has 1 aromatic carbocycles. The molecule has 0 spiro atoms. The van der Waals surface area contributed by atoms with Crippen molar-refractivity contribution in [2.45, 2.75) is 36.2 Å². The van der Waals surface area contributed by atoms with Gasteiger partial charge in [-0.05, 0) is 48.8 Å². The maximum Gasteiger partial charge on any atom is 0.0619 e. The highest BCUT2D eigenvalue weighted by Crippen LogP contribution is 2.37. The van der Waals surface area contributed by atoms with E-state index in [0.717, 1.165) is 18.2 Å². The van der Waals surface area contributed by atoms with Crippen LogP contribution in [0.5, 0.6) is 0 Å². The van der Waals surface area contributed by atoms with Crippen LogP contribution in [0.3, 0.4) is 0 Å². The number of ether oxygens (including phenoxy) is 1. The predicted octanol–water partition coefficient (Wildman–Crippen LogP) is 3.65. The maximum atomic E-state index is 6.12. The topological polar surface area (TPSA) is 21.3 Å². The summed E-state index contributed by atoms with van der Waals surface area (Å²) in [6, 6.07) is 7.18. The molecule has 2 heterocycles. The van der Waals surface area contributed by atoms with Crippen LogP contribution in [-0.2, 0) is 4.74 Å². The Morgan fingerprint density at radius 3 is 3.11 bits per heavy atom. The van der Waals surface area contributed by atoms with Crippen molar-refractivity contribution in [1.82, 2.24) is 5.32 Å². The second kappa shape index (κ2) is 5.83. The van der Waals surface area contributed by atoms with Gasteiger partial charge >= 0.3 is 0 Å². The van der Waals surface area contributed by atoms with Crippen molar-refractivity contribution in [3.63, 3.8) is 0 Å². The molecule has 2 aliphatic heterocycles. The number of hydrogen-bond donors (Lipinski definition) is 1. The van der Waals surface area contributed by atoms with E-state index in [2.05, 4.69) is 17.4 Å². The molecule has 0 bridgehead atoms. The summed E-state index contributed by atoms with van der Waals surface area (Å²) in [6.07, 6.45) is 3.57. The summed E-state index contributed by atoms with van der Waals surface area (Å²) in [7, 11) is 0. The largest absolute Gasteiger partial charge is 0.380 e. The van der Waals surface area contributed by atoms with Crippen LogP contribution in [0.1, 0.15) is 30.9 Å². The number of hydrogen-bond acceptors (Lipinski definition) is 3. The third-order valence-electron chi connectivity index (χ3n) is 3.61. The van der Waals surface area contributed by atoms with E-state index in [1.54, 1.807) is 0 Å². The molecule has 0 aliphatic carbocycles. The van der Waals surface area contributed by atoms with Gasteiger partial charge in [0.2, 0.25) is 0 Å². The van der Waals surface area contributed by atoms with Crippen LogP contribution in [0, 0.1) is 0 Å². The molecule has 2 atom stereocenters. The fourth-order valence-electron chi connectivity index (χ4n) is 2.70. The zero-order valence-electron chi connectivity index (χ0n) is 10.3. The normalized spacial score (nSPS) is 27.8. The first-order valence-corrected chi connectivity index (χ1v) is 7.95. The first-order valence-electron chi connectivity index (χ1n) is 6.59. The minimum Gasteiger partial charge on any atom is -0.380 e. The summed E-state index contributed by atoms with van der Waals surface area (Å²) in [6.45, 7) is 1.76. The number of rotatable bonds is 2. The highest BCUT2D eigenvalue weighted by Gasteiger charge is 2.24. The van der Waals surface area contributed by atoms with Gasteiger partial charge < -0.3 is 10.1 Å². The van der Waals surface area contributed by atoms with Crippen LogP contribution < -0.4 is 5.32 Å². The Balaban J connectivity index is 1.75. The highest BCUT2D eigenvalue weighted by molar-refractivity contribution is 7.99. The second-order valence-electron chi connectivity index (χ2n) is 4.95. The lowest BCUT2D eigenvalue weighted by molar-refractivity contribution is 0.0659. The molecule has 2 unspecified atom stereocenters. The summed E-state index contributed by atoms with van der Waals surface area (Å²) in [5, 5.41) is 4.58. The Bertz CT molecular complexity index is 420. The van der Waals surface area contributed by atoms with E-state index in [1.807, 2.05) is 17.8 Å². The first kappa shape index (κ1) is 12.8. The smallest absolute Gasteiger partial charge is 0.0619 e. The monoisotopic (exact) mass is 283 g/mol. The molecule has 18 heavy (non-hydrogen) atoms. The molecule has 1 aromatic rings. The molecule has 0 radical (unpaired) electrons. The van der Waals surface area contributed by atoms with Gasteiger partial charge in [0.05, 0.1) is 6.61 Å². The number of nitrogens with one attached hydrogen (secondary N) is 1. The number of thioether (sulfide) groups is 1. The van der Waals surface area contributed by atoms with E-state index in [0.29, 0.717) is 12.1 Å². The van der Waals surface area contributed by atoms with Crippen molar-refractivity contribution in [2.24, 2.45) is 0 Å². The Kier molecular flexibility index (Phi) is 4.14. The van der Waals surface area contributed by atoms with Gasteiger partial charge in [0.1, 0.15) is 0 Å². The van der Waals surface area contributed by atoms with Gasteiger partial charge in [0.15, 0.2) is 0 Å². The minimum absolute atomic E-state index is 0.437. The Morgan fingerprint density at radius 1 is 1.33 bits per heavy atom. The van der Waals surface area contributed by atoms with E-state index in [9.17, 15) is 0 Å². The van der Waals surface area contributed by atoms with Crippen LogP contribution in [-0.4, -0.2) is 25.0 Å². The molecule has 98 valence electrons. The Labute approximate surface area is 117 Å². The minimum atomic E-state index is 0.437. The van der Waals surface area contributed by atoms with Crippen LogP contribution in [0.15, 0.2) is 23.1 Å². The average molecular weight is 284 g/mol.